The molecule has 6 heteroatoms. The van der Waals surface area contributed by atoms with Crippen molar-refractivity contribution >= 4 is 5.82 Å². The van der Waals surface area contributed by atoms with Gasteiger partial charge in [-0.1, -0.05) is 0 Å². The van der Waals surface area contributed by atoms with E-state index in [2.05, 4.69) is 43.9 Å². The predicted octanol–water partition coefficient (Wildman–Crippen LogP) is 2.76. The third-order valence-corrected chi connectivity index (χ3v) is 6.13. The Labute approximate surface area is 155 Å². The van der Waals surface area contributed by atoms with Crippen LogP contribution < -0.4 is 9.64 Å². The van der Waals surface area contributed by atoms with Crippen molar-refractivity contribution in [3.05, 3.63) is 42.5 Å². The van der Waals surface area contributed by atoms with Gasteiger partial charge >= 0.3 is 0 Å². The summed E-state index contributed by atoms with van der Waals surface area (Å²) in [5, 5.41) is 0. The molecule has 1 saturated heterocycles. The summed E-state index contributed by atoms with van der Waals surface area (Å²) in [6, 6.07) is 6.86. The molecule has 2 aromatic rings. The zero-order valence-corrected chi connectivity index (χ0v) is 15.6. The number of rotatable bonds is 5. The number of aromatic nitrogens is 3. The minimum Gasteiger partial charge on any atom is -0.481 e. The summed E-state index contributed by atoms with van der Waals surface area (Å²) in [4.78, 5) is 17.5. The highest BCUT2D eigenvalue weighted by Crippen LogP contribution is 2.51. The molecule has 6 nitrogen and oxygen atoms in total. The maximum atomic E-state index is 5.22. The average Bonchev–Trinajstić information content (AvgIpc) is 2.67. The molecule has 2 aromatic heterocycles. The van der Waals surface area contributed by atoms with Crippen molar-refractivity contribution in [2.45, 2.75) is 38.3 Å². The second kappa shape index (κ2) is 7.19. The van der Waals surface area contributed by atoms with Crippen molar-refractivity contribution in [1.29, 1.82) is 0 Å². The Kier molecular flexibility index (Phi) is 4.76. The molecule has 0 unspecified atom stereocenters. The summed E-state index contributed by atoms with van der Waals surface area (Å²) in [6.07, 6.45) is 10.5. The summed E-state index contributed by atoms with van der Waals surface area (Å²) >= 11 is 0. The lowest BCUT2D eigenvalue weighted by Crippen LogP contribution is -2.54. The van der Waals surface area contributed by atoms with Crippen LogP contribution in [0.3, 0.4) is 0 Å². The van der Waals surface area contributed by atoms with E-state index in [1.807, 2.05) is 18.5 Å². The van der Waals surface area contributed by atoms with Crippen molar-refractivity contribution in [2.75, 3.05) is 32.1 Å². The third kappa shape index (κ3) is 3.51. The fraction of sp³-hybridized carbons (Fsp3) is 0.550. The third-order valence-electron chi connectivity index (χ3n) is 6.13. The second-order valence-corrected chi connectivity index (χ2v) is 7.74. The molecule has 0 N–H and O–H groups in total. The molecule has 0 atom stereocenters. The maximum Gasteiger partial charge on any atom is 0.218 e. The Hall–Kier alpha value is -2.21. The van der Waals surface area contributed by atoms with Crippen LogP contribution >= 0.6 is 0 Å². The van der Waals surface area contributed by atoms with Gasteiger partial charge < -0.3 is 9.64 Å². The quantitative estimate of drug-likeness (QED) is 0.824. The van der Waals surface area contributed by atoms with Gasteiger partial charge in [0.2, 0.25) is 5.88 Å². The Morgan fingerprint density at radius 3 is 2.62 bits per heavy atom. The van der Waals surface area contributed by atoms with Gasteiger partial charge in [-0.25, -0.2) is 9.97 Å². The normalized spacial score (nSPS) is 19.6. The van der Waals surface area contributed by atoms with Crippen LogP contribution in [-0.4, -0.2) is 53.1 Å². The summed E-state index contributed by atoms with van der Waals surface area (Å²) in [5.74, 6) is 1.62. The van der Waals surface area contributed by atoms with E-state index < -0.39 is 0 Å². The molecule has 1 saturated carbocycles. The summed E-state index contributed by atoms with van der Waals surface area (Å²) in [5.41, 5.74) is 1.88. The highest BCUT2D eigenvalue weighted by molar-refractivity contribution is 5.41. The molecular weight excluding hydrogens is 326 g/mol. The van der Waals surface area contributed by atoms with E-state index in [-0.39, 0.29) is 0 Å². The SMILES string of the molecule is COc1cc(N2CCC3(CC2)CC(N(C)Cc2ccncc2)C3)ncn1. The van der Waals surface area contributed by atoms with Crippen LogP contribution in [0.2, 0.25) is 0 Å². The number of piperidine rings is 1. The summed E-state index contributed by atoms with van der Waals surface area (Å²) < 4.78 is 5.22. The molecule has 138 valence electrons. The van der Waals surface area contributed by atoms with Crippen LogP contribution in [0.1, 0.15) is 31.2 Å². The smallest absolute Gasteiger partial charge is 0.218 e. The molecule has 0 amide bonds. The van der Waals surface area contributed by atoms with Crippen molar-refractivity contribution in [3.8, 4) is 5.88 Å². The zero-order chi connectivity index (χ0) is 18.0. The van der Waals surface area contributed by atoms with E-state index in [9.17, 15) is 0 Å². The van der Waals surface area contributed by atoms with E-state index in [0.717, 1.165) is 25.5 Å². The highest BCUT2D eigenvalue weighted by atomic mass is 16.5. The van der Waals surface area contributed by atoms with E-state index in [1.54, 1.807) is 13.4 Å². The summed E-state index contributed by atoms with van der Waals surface area (Å²) in [7, 11) is 3.90. The number of pyridine rings is 1. The highest BCUT2D eigenvalue weighted by Gasteiger charge is 2.47. The number of methoxy groups -OCH3 is 1. The lowest BCUT2D eigenvalue weighted by molar-refractivity contribution is -0.00876. The average molecular weight is 353 g/mol. The van der Waals surface area contributed by atoms with Gasteiger partial charge in [-0.3, -0.25) is 9.88 Å². The molecule has 26 heavy (non-hydrogen) atoms. The zero-order valence-electron chi connectivity index (χ0n) is 15.6. The number of anilines is 1. The van der Waals surface area contributed by atoms with E-state index in [0.29, 0.717) is 17.3 Å². The monoisotopic (exact) mass is 353 g/mol. The number of nitrogens with zero attached hydrogens (tertiary/aromatic N) is 5. The van der Waals surface area contributed by atoms with E-state index >= 15 is 0 Å². The lowest BCUT2D eigenvalue weighted by atomic mass is 9.60. The maximum absolute atomic E-state index is 5.22. The summed E-state index contributed by atoms with van der Waals surface area (Å²) in [6.45, 7) is 3.15. The van der Waals surface area contributed by atoms with Crippen LogP contribution in [0.25, 0.3) is 0 Å². The predicted molar refractivity (Wildman–Crippen MR) is 101 cm³/mol. The van der Waals surface area contributed by atoms with Gasteiger partial charge in [0, 0.05) is 44.1 Å². The first kappa shape index (κ1) is 17.2. The van der Waals surface area contributed by atoms with Gasteiger partial charge in [-0.15, -0.1) is 0 Å². The minimum absolute atomic E-state index is 0.533. The molecular formula is C20H27N5O. The molecule has 0 radical (unpaired) electrons. The van der Waals surface area contributed by atoms with Crippen molar-refractivity contribution in [1.82, 2.24) is 19.9 Å². The fourth-order valence-electron chi connectivity index (χ4n) is 4.39. The van der Waals surface area contributed by atoms with Crippen LogP contribution in [0, 0.1) is 5.41 Å². The first-order valence-electron chi connectivity index (χ1n) is 9.38. The van der Waals surface area contributed by atoms with Gasteiger partial charge in [-0.05, 0) is 55.8 Å². The molecule has 1 spiro atoms. The van der Waals surface area contributed by atoms with Gasteiger partial charge in [0.1, 0.15) is 12.1 Å². The number of hydrogen-bond acceptors (Lipinski definition) is 6. The lowest BCUT2D eigenvalue weighted by Gasteiger charge is -2.54. The topological polar surface area (TPSA) is 54.4 Å². The number of ether oxygens (including phenoxy) is 1. The fourth-order valence-corrected chi connectivity index (χ4v) is 4.39. The Bertz CT molecular complexity index is 722. The van der Waals surface area contributed by atoms with Crippen molar-refractivity contribution < 1.29 is 4.74 Å². The molecule has 4 rings (SSSR count). The Balaban J connectivity index is 1.29. The van der Waals surface area contributed by atoms with E-state index in [1.165, 1.54) is 31.2 Å². The number of hydrogen-bond donors (Lipinski definition) is 0. The van der Waals surface area contributed by atoms with Gasteiger partial charge in [-0.2, -0.15) is 0 Å². The van der Waals surface area contributed by atoms with Gasteiger partial charge in [0.05, 0.1) is 7.11 Å². The largest absolute Gasteiger partial charge is 0.481 e. The first-order valence-corrected chi connectivity index (χ1v) is 9.38. The van der Waals surface area contributed by atoms with Crippen LogP contribution in [-0.2, 0) is 6.54 Å². The van der Waals surface area contributed by atoms with Gasteiger partial charge in [0.15, 0.2) is 0 Å². The molecule has 1 aliphatic heterocycles. The first-order chi connectivity index (χ1) is 12.7. The molecule has 3 heterocycles. The standard InChI is InChI=1S/C20H27N5O/c1-24(14-16-3-7-21-8-4-16)17-12-20(13-17)5-9-25(10-6-20)18-11-19(26-2)23-15-22-18/h3-4,7-8,11,15,17H,5-6,9-10,12-14H2,1-2H3. The Morgan fingerprint density at radius 1 is 1.19 bits per heavy atom. The molecule has 0 bridgehead atoms. The van der Waals surface area contributed by atoms with Crippen LogP contribution in [0.5, 0.6) is 5.88 Å². The molecule has 2 fully saturated rings. The second-order valence-electron chi connectivity index (χ2n) is 7.74. The molecule has 0 aromatic carbocycles. The van der Waals surface area contributed by atoms with E-state index in [4.69, 9.17) is 4.74 Å². The van der Waals surface area contributed by atoms with Crippen LogP contribution in [0.4, 0.5) is 5.82 Å². The van der Waals surface area contributed by atoms with Crippen LogP contribution in [0.15, 0.2) is 36.9 Å². The minimum atomic E-state index is 0.533. The van der Waals surface area contributed by atoms with Crippen molar-refractivity contribution in [2.24, 2.45) is 5.41 Å². The van der Waals surface area contributed by atoms with Crippen molar-refractivity contribution in [3.63, 3.8) is 0 Å². The Morgan fingerprint density at radius 2 is 1.92 bits per heavy atom. The molecule has 2 aliphatic rings. The molecule has 1 aliphatic carbocycles. The van der Waals surface area contributed by atoms with Gasteiger partial charge in [0.25, 0.3) is 0 Å².